The van der Waals surface area contributed by atoms with Crippen molar-refractivity contribution in [2.24, 2.45) is 41.4 Å². The predicted octanol–water partition coefficient (Wildman–Crippen LogP) is 2.80. The van der Waals surface area contributed by atoms with Crippen LogP contribution in [0.15, 0.2) is 0 Å². The number of carboxylic acids is 1. The zero-order chi connectivity index (χ0) is 43.1. The third-order valence-electron chi connectivity index (χ3n) is 14.3. The van der Waals surface area contributed by atoms with E-state index in [0.717, 1.165) is 0 Å². The Morgan fingerprint density at radius 2 is 1.51 bits per heavy atom. The number of hydrogen-bond donors (Lipinski definition) is 5. The van der Waals surface area contributed by atoms with Gasteiger partial charge in [-0.15, -0.1) is 0 Å². The maximum absolute atomic E-state index is 14.4. The van der Waals surface area contributed by atoms with Gasteiger partial charge in [-0.05, 0) is 79.2 Å². The first kappa shape index (κ1) is 47.9. The lowest BCUT2D eigenvalue weighted by atomic mass is 9.67. The molecule has 1 aliphatic carbocycles. The SMILES string of the molecule is CC[C@H]1OC(=O)[C@H](C)[C@@H](C2C[C@@](C)(OC)[C@@H](O)[C@H](C)O2)[C@H](C)[C@@H](O[C@@H]2O[C@H](C)C[C@H](N(C)C[C@@H]3C[C@H]3C(=O)O)[C@H]2O)[C@](C)(OC)C[C@@H](C)C(=O)[C@H](C)[C@@H](O)[C@]1(C)O. The monoisotopic (exact) mass is 816 g/mol. The lowest BCUT2D eigenvalue weighted by Crippen LogP contribution is -2.62. The number of rotatable bonds is 10. The largest absolute Gasteiger partial charge is 0.481 e. The summed E-state index contributed by atoms with van der Waals surface area (Å²) in [6, 6.07) is -0.436. The third kappa shape index (κ3) is 9.89. The van der Waals surface area contributed by atoms with Crippen molar-refractivity contribution >= 4 is 17.7 Å². The number of carbonyl (C=O) groups is 3. The van der Waals surface area contributed by atoms with E-state index in [1.807, 2.05) is 32.7 Å². The van der Waals surface area contributed by atoms with Gasteiger partial charge < -0.3 is 58.9 Å². The van der Waals surface area contributed by atoms with Crippen LogP contribution in [0.2, 0.25) is 0 Å². The van der Waals surface area contributed by atoms with E-state index in [1.54, 1.807) is 41.5 Å². The van der Waals surface area contributed by atoms with Gasteiger partial charge in [-0.2, -0.15) is 0 Å². The minimum atomic E-state index is -1.97. The number of carboxylic acid groups (broad SMARTS) is 1. The van der Waals surface area contributed by atoms with Gasteiger partial charge in [0, 0.05) is 51.0 Å². The molecule has 330 valence electrons. The van der Waals surface area contributed by atoms with Gasteiger partial charge in [0.25, 0.3) is 0 Å². The Bertz CT molecular complexity index is 1400. The van der Waals surface area contributed by atoms with Crippen LogP contribution in [0.4, 0.5) is 0 Å². The zero-order valence-corrected chi connectivity index (χ0v) is 36.4. The highest BCUT2D eigenvalue weighted by atomic mass is 16.7. The number of ether oxygens (including phenoxy) is 6. The molecule has 4 aliphatic rings. The summed E-state index contributed by atoms with van der Waals surface area (Å²) in [7, 11) is 4.88. The van der Waals surface area contributed by atoms with Crippen LogP contribution in [-0.2, 0) is 42.8 Å². The normalized spacial score (nSPS) is 49.3. The van der Waals surface area contributed by atoms with Gasteiger partial charge in [-0.1, -0.05) is 34.6 Å². The fourth-order valence-electron chi connectivity index (χ4n) is 10.3. The molecule has 0 spiro atoms. The maximum Gasteiger partial charge on any atom is 0.309 e. The van der Waals surface area contributed by atoms with Crippen LogP contribution in [-0.4, -0.2) is 154 Å². The number of cyclic esters (lactones) is 1. The smallest absolute Gasteiger partial charge is 0.309 e. The van der Waals surface area contributed by atoms with Crippen molar-refractivity contribution in [2.45, 2.75) is 179 Å². The number of ketones is 1. The van der Waals surface area contributed by atoms with Gasteiger partial charge in [-0.25, -0.2) is 0 Å². The number of aliphatic hydroxyl groups excluding tert-OH is 3. The van der Waals surface area contributed by atoms with E-state index in [0.29, 0.717) is 19.4 Å². The summed E-state index contributed by atoms with van der Waals surface area (Å²) >= 11 is 0. The standard InChI is InChI=1S/C42H73NO14/c1-14-30-42(10,51)34(46)24(6)32(44)20(2)17-41(9,53-13)36(57-39-33(45)28(15-21(3)54-39)43(11)19-26-16-27(26)37(48)49)22(4)31(23(5)38(50)56-30)29-18-40(8,52-12)35(47)25(7)55-29/h20-31,33-36,39,45-47,51H,14-19H2,1-13H3,(H,48,49)/t20-,21-,22+,23-,24+,25+,26+,27-,28+,29?,30-,31+,33-,34-,35+,36-,39+,40-,41-,42-/m1/s1. The van der Waals surface area contributed by atoms with Crippen molar-refractivity contribution in [1.82, 2.24) is 4.90 Å². The Labute approximate surface area is 339 Å². The fraction of sp³-hybridized carbons (Fsp3) is 0.929. The van der Waals surface area contributed by atoms with Crippen LogP contribution in [0.1, 0.15) is 101 Å². The molecule has 0 bridgehead atoms. The Morgan fingerprint density at radius 1 is 0.895 bits per heavy atom. The highest BCUT2D eigenvalue weighted by molar-refractivity contribution is 5.83. The molecule has 57 heavy (non-hydrogen) atoms. The van der Waals surface area contributed by atoms with E-state index in [4.69, 9.17) is 28.4 Å². The molecule has 0 aromatic carbocycles. The van der Waals surface area contributed by atoms with Crippen molar-refractivity contribution in [3.05, 3.63) is 0 Å². The fourth-order valence-corrected chi connectivity index (χ4v) is 10.3. The van der Waals surface area contributed by atoms with Gasteiger partial charge in [0.2, 0.25) is 0 Å². The Kier molecular flexibility index (Phi) is 15.5. The number of esters is 1. The van der Waals surface area contributed by atoms with Crippen molar-refractivity contribution in [3.8, 4) is 0 Å². The van der Waals surface area contributed by atoms with Crippen LogP contribution in [0.3, 0.4) is 0 Å². The Morgan fingerprint density at radius 3 is 2.05 bits per heavy atom. The molecular formula is C42H73NO14. The van der Waals surface area contributed by atoms with E-state index in [-0.39, 0.29) is 37.1 Å². The predicted molar refractivity (Wildman–Crippen MR) is 208 cm³/mol. The first-order valence-electron chi connectivity index (χ1n) is 20.9. The summed E-state index contributed by atoms with van der Waals surface area (Å²) < 4.78 is 38.2. The van der Waals surface area contributed by atoms with Crippen LogP contribution in [0.5, 0.6) is 0 Å². The topological polar surface area (TPSA) is 211 Å². The molecular weight excluding hydrogens is 742 g/mol. The third-order valence-corrected chi connectivity index (χ3v) is 14.3. The minimum absolute atomic E-state index is 0.0271. The zero-order valence-electron chi connectivity index (χ0n) is 36.4. The average molecular weight is 816 g/mol. The van der Waals surface area contributed by atoms with E-state index in [1.165, 1.54) is 21.1 Å². The molecule has 3 aliphatic heterocycles. The number of Topliss-reactive ketones (excluding diaryl/α,β-unsaturated/α-hetero) is 1. The molecule has 4 rings (SSSR count). The van der Waals surface area contributed by atoms with Gasteiger partial charge >= 0.3 is 11.9 Å². The van der Waals surface area contributed by atoms with E-state index in [2.05, 4.69) is 0 Å². The van der Waals surface area contributed by atoms with E-state index >= 15 is 0 Å². The average Bonchev–Trinajstić information content (AvgIpc) is 3.93. The van der Waals surface area contributed by atoms with Crippen molar-refractivity contribution in [1.29, 1.82) is 0 Å². The molecule has 4 fully saturated rings. The van der Waals surface area contributed by atoms with Crippen LogP contribution in [0.25, 0.3) is 0 Å². The highest BCUT2D eigenvalue weighted by Crippen LogP contribution is 2.46. The minimum Gasteiger partial charge on any atom is -0.481 e. The van der Waals surface area contributed by atoms with Crippen LogP contribution >= 0.6 is 0 Å². The number of likely N-dealkylation sites (N-methyl/N-ethyl adjacent to an activating group) is 1. The first-order chi connectivity index (χ1) is 26.4. The maximum atomic E-state index is 14.4. The van der Waals surface area contributed by atoms with Crippen LogP contribution < -0.4 is 0 Å². The molecule has 3 heterocycles. The second kappa shape index (κ2) is 18.4. The van der Waals surface area contributed by atoms with Gasteiger partial charge in [0.05, 0.1) is 53.6 Å². The van der Waals surface area contributed by atoms with Gasteiger partial charge in [0.1, 0.15) is 29.7 Å². The quantitative estimate of drug-likeness (QED) is 0.201. The molecule has 0 aromatic rings. The molecule has 15 nitrogen and oxygen atoms in total. The van der Waals surface area contributed by atoms with Crippen molar-refractivity contribution < 1.29 is 68.3 Å². The lowest BCUT2D eigenvalue weighted by molar-refractivity contribution is -0.305. The molecule has 5 N–H and O–H groups in total. The number of nitrogens with zero attached hydrogens (tertiary/aromatic N) is 1. The second-order valence-corrected chi connectivity index (χ2v) is 18.6. The summed E-state index contributed by atoms with van der Waals surface area (Å²) in [6.07, 6.45) is -7.36. The highest BCUT2D eigenvalue weighted by Gasteiger charge is 2.56. The number of hydrogen-bond acceptors (Lipinski definition) is 14. The molecule has 1 saturated carbocycles. The molecule has 0 amide bonds. The number of carbonyl (C=O) groups excluding carboxylic acids is 2. The van der Waals surface area contributed by atoms with Gasteiger partial charge in [-0.3, -0.25) is 14.4 Å². The Balaban J connectivity index is 1.84. The van der Waals surface area contributed by atoms with Crippen molar-refractivity contribution in [2.75, 3.05) is 27.8 Å². The molecule has 15 heteroatoms. The van der Waals surface area contributed by atoms with Gasteiger partial charge in [0.15, 0.2) is 6.29 Å². The molecule has 0 aromatic heterocycles. The molecule has 0 radical (unpaired) electrons. The molecule has 20 atom stereocenters. The number of aliphatic hydroxyl groups is 4. The summed E-state index contributed by atoms with van der Waals surface area (Å²) in [4.78, 5) is 42.1. The summed E-state index contributed by atoms with van der Waals surface area (Å²) in [5.41, 5.74) is -4.31. The van der Waals surface area contributed by atoms with Crippen LogP contribution in [0, 0.1) is 41.4 Å². The Hall–Kier alpha value is -1.79. The lowest BCUT2D eigenvalue weighted by Gasteiger charge is -2.52. The van der Waals surface area contributed by atoms with E-state index in [9.17, 15) is 39.9 Å². The summed E-state index contributed by atoms with van der Waals surface area (Å²) in [6.45, 7) is 17.7. The number of methoxy groups -OCH3 is 2. The molecule has 3 saturated heterocycles. The van der Waals surface area contributed by atoms with Crippen molar-refractivity contribution in [3.63, 3.8) is 0 Å². The van der Waals surface area contributed by atoms with E-state index < -0.39 is 119 Å². The number of aliphatic carboxylic acids is 1. The second-order valence-electron chi connectivity index (χ2n) is 18.6. The first-order valence-corrected chi connectivity index (χ1v) is 20.9. The summed E-state index contributed by atoms with van der Waals surface area (Å²) in [5.74, 6) is -6.32. The summed E-state index contributed by atoms with van der Waals surface area (Å²) in [5, 5.41) is 56.0. The molecule has 1 unspecified atom stereocenters.